The number of anilines is 1. The molecule has 20 heavy (non-hydrogen) atoms. The Morgan fingerprint density at radius 1 is 1.45 bits per heavy atom. The molecule has 1 aromatic carbocycles. The van der Waals surface area contributed by atoms with E-state index in [1.807, 2.05) is 6.92 Å². The summed E-state index contributed by atoms with van der Waals surface area (Å²) in [6.07, 6.45) is 2.48. The number of hydrogen-bond acceptors (Lipinski definition) is 4. The first-order valence-electron chi connectivity index (χ1n) is 6.89. The highest BCUT2D eigenvalue weighted by Crippen LogP contribution is 2.22. The Kier molecular flexibility index (Phi) is 4.55. The van der Waals surface area contributed by atoms with Crippen LogP contribution in [0.4, 0.5) is 11.4 Å². The molecule has 108 valence electrons. The minimum absolute atomic E-state index is 0.0700. The van der Waals surface area contributed by atoms with Gasteiger partial charge in [-0.2, -0.15) is 0 Å². The fourth-order valence-electron chi connectivity index (χ4n) is 2.44. The third kappa shape index (κ3) is 3.46. The van der Waals surface area contributed by atoms with Crippen molar-refractivity contribution in [1.29, 1.82) is 0 Å². The van der Waals surface area contributed by atoms with Crippen molar-refractivity contribution in [2.75, 3.05) is 18.0 Å². The fourth-order valence-corrected chi connectivity index (χ4v) is 2.44. The van der Waals surface area contributed by atoms with E-state index in [-0.39, 0.29) is 17.6 Å². The number of rotatable bonds is 4. The Morgan fingerprint density at radius 2 is 2.15 bits per heavy atom. The molecule has 0 saturated carbocycles. The smallest absolute Gasteiger partial charge is 0.269 e. The first-order valence-corrected chi connectivity index (χ1v) is 6.89. The van der Waals surface area contributed by atoms with Crippen LogP contribution in [0.1, 0.15) is 26.2 Å². The SMILES string of the molecule is CCC(=O)N[C@@H]1CCCN(c2ccc([N+](=O)[O-])cc2)C1. The van der Waals surface area contributed by atoms with Crippen LogP contribution >= 0.6 is 0 Å². The van der Waals surface area contributed by atoms with Crippen molar-refractivity contribution in [2.24, 2.45) is 0 Å². The second-order valence-corrected chi connectivity index (χ2v) is 4.98. The average Bonchev–Trinajstić information content (AvgIpc) is 2.47. The van der Waals surface area contributed by atoms with E-state index in [0.29, 0.717) is 6.42 Å². The predicted octanol–water partition coefficient (Wildman–Crippen LogP) is 2.09. The number of carbonyl (C=O) groups is 1. The van der Waals surface area contributed by atoms with Crippen molar-refractivity contribution in [1.82, 2.24) is 5.32 Å². The molecule has 0 aromatic heterocycles. The predicted molar refractivity (Wildman–Crippen MR) is 76.8 cm³/mol. The minimum atomic E-state index is -0.399. The van der Waals surface area contributed by atoms with Crippen molar-refractivity contribution in [2.45, 2.75) is 32.2 Å². The summed E-state index contributed by atoms with van der Waals surface area (Å²) in [7, 11) is 0. The van der Waals surface area contributed by atoms with Crippen LogP contribution in [0, 0.1) is 10.1 Å². The van der Waals surface area contributed by atoms with E-state index in [4.69, 9.17) is 0 Å². The standard InChI is InChI=1S/C14H19N3O3/c1-2-14(18)15-11-4-3-9-16(10-11)12-5-7-13(8-6-12)17(19)20/h5-8,11H,2-4,9-10H2,1H3,(H,15,18)/t11-/m1/s1. The molecule has 1 aliphatic heterocycles. The molecular formula is C14H19N3O3. The van der Waals surface area contributed by atoms with Gasteiger partial charge >= 0.3 is 0 Å². The summed E-state index contributed by atoms with van der Waals surface area (Å²) >= 11 is 0. The largest absolute Gasteiger partial charge is 0.369 e. The van der Waals surface area contributed by atoms with Crippen LogP contribution in [0.3, 0.4) is 0 Å². The van der Waals surface area contributed by atoms with Crippen LogP contribution in [-0.4, -0.2) is 30.0 Å². The van der Waals surface area contributed by atoms with Gasteiger partial charge in [-0.25, -0.2) is 0 Å². The number of nitrogens with zero attached hydrogens (tertiary/aromatic N) is 2. The number of nitro benzene ring substituents is 1. The molecule has 1 atom stereocenters. The minimum Gasteiger partial charge on any atom is -0.369 e. The highest BCUT2D eigenvalue weighted by molar-refractivity contribution is 5.76. The Labute approximate surface area is 117 Å². The second kappa shape index (κ2) is 6.36. The third-order valence-corrected chi connectivity index (χ3v) is 3.53. The zero-order valence-electron chi connectivity index (χ0n) is 11.5. The quantitative estimate of drug-likeness (QED) is 0.675. The van der Waals surface area contributed by atoms with Crippen LogP contribution in [0.2, 0.25) is 0 Å². The first kappa shape index (κ1) is 14.3. The zero-order chi connectivity index (χ0) is 14.5. The van der Waals surface area contributed by atoms with Crippen molar-refractivity contribution >= 4 is 17.3 Å². The van der Waals surface area contributed by atoms with Gasteiger partial charge in [0, 0.05) is 43.4 Å². The number of carbonyl (C=O) groups excluding carboxylic acids is 1. The van der Waals surface area contributed by atoms with Gasteiger partial charge in [0.25, 0.3) is 5.69 Å². The zero-order valence-corrected chi connectivity index (χ0v) is 11.5. The molecule has 1 aromatic rings. The maximum absolute atomic E-state index is 11.4. The topological polar surface area (TPSA) is 75.5 Å². The summed E-state index contributed by atoms with van der Waals surface area (Å²) in [5.74, 6) is 0.0700. The Bertz CT molecular complexity index is 487. The van der Waals surface area contributed by atoms with Crippen LogP contribution in [0.5, 0.6) is 0 Å². The second-order valence-electron chi connectivity index (χ2n) is 4.98. The summed E-state index contributed by atoms with van der Waals surface area (Å²) in [6.45, 7) is 3.51. The maximum Gasteiger partial charge on any atom is 0.269 e. The van der Waals surface area contributed by atoms with E-state index >= 15 is 0 Å². The van der Waals surface area contributed by atoms with Crippen LogP contribution < -0.4 is 10.2 Å². The van der Waals surface area contributed by atoms with Crippen molar-refractivity contribution in [3.63, 3.8) is 0 Å². The molecule has 2 rings (SSSR count). The first-order chi connectivity index (χ1) is 9.60. The van der Waals surface area contributed by atoms with E-state index in [1.165, 1.54) is 12.1 Å². The third-order valence-electron chi connectivity index (χ3n) is 3.53. The molecule has 1 amide bonds. The van der Waals surface area contributed by atoms with Gasteiger partial charge in [0.05, 0.1) is 4.92 Å². The van der Waals surface area contributed by atoms with E-state index in [2.05, 4.69) is 10.2 Å². The van der Waals surface area contributed by atoms with E-state index in [1.54, 1.807) is 12.1 Å². The van der Waals surface area contributed by atoms with Gasteiger partial charge in [0.1, 0.15) is 0 Å². The van der Waals surface area contributed by atoms with Gasteiger partial charge in [0.15, 0.2) is 0 Å². The lowest BCUT2D eigenvalue weighted by molar-refractivity contribution is -0.384. The summed E-state index contributed by atoms with van der Waals surface area (Å²) in [5, 5.41) is 13.6. The Hall–Kier alpha value is -2.11. The fraction of sp³-hybridized carbons (Fsp3) is 0.500. The van der Waals surface area contributed by atoms with Gasteiger partial charge in [-0.3, -0.25) is 14.9 Å². The van der Waals surface area contributed by atoms with Gasteiger partial charge in [-0.1, -0.05) is 6.92 Å². The lowest BCUT2D eigenvalue weighted by Crippen LogP contribution is -2.47. The molecule has 0 bridgehead atoms. The van der Waals surface area contributed by atoms with Crippen LogP contribution in [-0.2, 0) is 4.79 Å². The van der Waals surface area contributed by atoms with Crippen molar-refractivity contribution in [3.05, 3.63) is 34.4 Å². The number of nitrogens with one attached hydrogen (secondary N) is 1. The van der Waals surface area contributed by atoms with E-state index in [0.717, 1.165) is 31.6 Å². The molecule has 0 spiro atoms. The van der Waals surface area contributed by atoms with Gasteiger partial charge < -0.3 is 10.2 Å². The summed E-state index contributed by atoms with van der Waals surface area (Å²) in [6, 6.07) is 6.73. The van der Waals surface area contributed by atoms with Crippen molar-refractivity contribution < 1.29 is 9.72 Å². The summed E-state index contributed by atoms with van der Waals surface area (Å²) in [4.78, 5) is 23.8. The number of nitro groups is 1. The number of piperidine rings is 1. The highest BCUT2D eigenvalue weighted by Gasteiger charge is 2.21. The number of amides is 1. The lowest BCUT2D eigenvalue weighted by atomic mass is 10.0. The molecule has 1 aliphatic rings. The normalized spacial score (nSPS) is 18.6. The maximum atomic E-state index is 11.4. The monoisotopic (exact) mass is 277 g/mol. The molecule has 1 N–H and O–H groups in total. The van der Waals surface area contributed by atoms with E-state index < -0.39 is 4.92 Å². The molecule has 0 radical (unpaired) electrons. The van der Waals surface area contributed by atoms with Crippen LogP contribution in [0.25, 0.3) is 0 Å². The Balaban J connectivity index is 2.01. The van der Waals surface area contributed by atoms with E-state index in [9.17, 15) is 14.9 Å². The van der Waals surface area contributed by atoms with Gasteiger partial charge in [-0.15, -0.1) is 0 Å². The Morgan fingerprint density at radius 3 is 2.75 bits per heavy atom. The molecule has 6 nitrogen and oxygen atoms in total. The molecular weight excluding hydrogens is 258 g/mol. The van der Waals surface area contributed by atoms with Gasteiger partial charge in [-0.05, 0) is 25.0 Å². The summed E-state index contributed by atoms with van der Waals surface area (Å²) in [5.41, 5.74) is 1.06. The number of non-ortho nitro benzene ring substituents is 1. The summed E-state index contributed by atoms with van der Waals surface area (Å²) < 4.78 is 0. The molecule has 1 fully saturated rings. The molecule has 0 aliphatic carbocycles. The average molecular weight is 277 g/mol. The van der Waals surface area contributed by atoms with Crippen LogP contribution in [0.15, 0.2) is 24.3 Å². The molecule has 1 heterocycles. The number of benzene rings is 1. The molecule has 1 saturated heterocycles. The lowest BCUT2D eigenvalue weighted by Gasteiger charge is -2.34. The molecule has 0 unspecified atom stereocenters. The molecule has 6 heteroatoms. The number of hydrogen-bond donors (Lipinski definition) is 1. The highest BCUT2D eigenvalue weighted by atomic mass is 16.6. The van der Waals surface area contributed by atoms with Gasteiger partial charge in [0.2, 0.25) is 5.91 Å². The van der Waals surface area contributed by atoms with Crippen molar-refractivity contribution in [3.8, 4) is 0 Å².